The molecule has 3 aromatic carbocycles. The zero-order valence-corrected chi connectivity index (χ0v) is 20.4. The minimum absolute atomic E-state index is 0.0311. The van der Waals surface area contributed by atoms with Gasteiger partial charge in [-0.15, -0.1) is 0 Å². The molecule has 3 nitrogen and oxygen atoms in total. The Morgan fingerprint density at radius 2 is 1.39 bits per heavy atom. The molecular formula is C27H24Cl3N3. The Bertz CT molecular complexity index is 1130. The van der Waals surface area contributed by atoms with Gasteiger partial charge in [0.25, 0.3) is 0 Å². The maximum absolute atomic E-state index is 6.50. The third kappa shape index (κ3) is 4.56. The fraction of sp³-hybridized carbons (Fsp3) is 0.222. The predicted octanol–water partition coefficient (Wildman–Crippen LogP) is 7.37. The summed E-state index contributed by atoms with van der Waals surface area (Å²) in [6.45, 7) is 8.04. The van der Waals surface area contributed by atoms with Gasteiger partial charge in [0, 0.05) is 58.7 Å². The minimum atomic E-state index is 0.0311. The molecular weight excluding hydrogens is 473 g/mol. The van der Waals surface area contributed by atoms with E-state index in [1.165, 1.54) is 11.1 Å². The van der Waals surface area contributed by atoms with Crippen LogP contribution in [-0.4, -0.2) is 42.2 Å². The first-order chi connectivity index (χ1) is 16.0. The number of rotatable bonds is 5. The lowest BCUT2D eigenvalue weighted by molar-refractivity contribution is 0.129. The SMILES string of the molecule is C=C(C1C=Nc2cccc(Cl)c21)N1CCN(C(c2ccc(Cl)cc2)c2ccc(Cl)cc2)CC1. The standard InChI is InChI=1S/C27H24Cl3N3/c1-18(23-17-31-25-4-2-3-24(30)26(23)25)32-13-15-33(16-14-32)27(19-5-9-21(28)10-6-19)20-7-11-22(29)12-8-20/h2-12,17,23,27H,1,13-16H2. The van der Waals surface area contributed by atoms with E-state index in [4.69, 9.17) is 34.8 Å². The topological polar surface area (TPSA) is 18.8 Å². The van der Waals surface area contributed by atoms with Crippen molar-refractivity contribution in [1.29, 1.82) is 0 Å². The molecule has 33 heavy (non-hydrogen) atoms. The van der Waals surface area contributed by atoms with E-state index >= 15 is 0 Å². The van der Waals surface area contributed by atoms with E-state index in [9.17, 15) is 0 Å². The largest absolute Gasteiger partial charge is 0.372 e. The summed E-state index contributed by atoms with van der Waals surface area (Å²) in [5, 5.41) is 2.24. The number of piperazine rings is 1. The summed E-state index contributed by atoms with van der Waals surface area (Å²) in [6.07, 6.45) is 1.97. The Morgan fingerprint density at radius 1 is 0.818 bits per heavy atom. The lowest BCUT2D eigenvalue weighted by Crippen LogP contribution is -2.47. The number of allylic oxidation sites excluding steroid dienone is 1. The van der Waals surface area contributed by atoms with Crippen molar-refractivity contribution in [3.05, 3.63) is 111 Å². The highest BCUT2D eigenvalue weighted by molar-refractivity contribution is 6.32. The molecule has 6 heteroatoms. The van der Waals surface area contributed by atoms with Crippen molar-refractivity contribution in [3.63, 3.8) is 0 Å². The second-order valence-corrected chi connectivity index (χ2v) is 9.73. The third-order valence-corrected chi connectivity index (χ3v) is 7.35. The van der Waals surface area contributed by atoms with Gasteiger partial charge in [-0.25, -0.2) is 0 Å². The van der Waals surface area contributed by atoms with Crippen LogP contribution in [0.2, 0.25) is 15.1 Å². The van der Waals surface area contributed by atoms with Crippen molar-refractivity contribution < 1.29 is 0 Å². The van der Waals surface area contributed by atoms with Crippen LogP contribution in [-0.2, 0) is 0 Å². The quantitative estimate of drug-likeness (QED) is 0.367. The molecule has 2 heterocycles. The molecule has 1 unspecified atom stereocenters. The summed E-state index contributed by atoms with van der Waals surface area (Å²) in [5.74, 6) is 0.0311. The van der Waals surface area contributed by atoms with Crippen LogP contribution in [0.5, 0.6) is 0 Å². The van der Waals surface area contributed by atoms with E-state index in [1.807, 2.05) is 48.7 Å². The van der Waals surface area contributed by atoms with Crippen molar-refractivity contribution in [3.8, 4) is 0 Å². The third-order valence-electron chi connectivity index (χ3n) is 6.52. The number of hydrogen-bond donors (Lipinski definition) is 0. The van der Waals surface area contributed by atoms with E-state index in [2.05, 4.69) is 45.6 Å². The van der Waals surface area contributed by atoms with Crippen LogP contribution in [0.3, 0.4) is 0 Å². The van der Waals surface area contributed by atoms with Crippen molar-refractivity contribution in [2.75, 3.05) is 26.2 Å². The molecule has 0 saturated carbocycles. The summed E-state index contributed by atoms with van der Waals surface area (Å²) in [7, 11) is 0. The Kier molecular flexibility index (Phi) is 6.49. The highest BCUT2D eigenvalue weighted by atomic mass is 35.5. The van der Waals surface area contributed by atoms with E-state index < -0.39 is 0 Å². The second-order valence-electron chi connectivity index (χ2n) is 8.45. The van der Waals surface area contributed by atoms with E-state index in [-0.39, 0.29) is 12.0 Å². The van der Waals surface area contributed by atoms with Gasteiger partial charge in [0.1, 0.15) is 0 Å². The van der Waals surface area contributed by atoms with Crippen LogP contribution in [0.4, 0.5) is 5.69 Å². The van der Waals surface area contributed by atoms with Crippen LogP contribution in [0.15, 0.2) is 84.0 Å². The molecule has 0 N–H and O–H groups in total. The van der Waals surface area contributed by atoms with Crippen LogP contribution in [0, 0.1) is 0 Å². The fourth-order valence-corrected chi connectivity index (χ4v) is 5.34. The molecule has 2 aliphatic rings. The number of halogens is 3. The van der Waals surface area contributed by atoms with Crippen molar-refractivity contribution in [1.82, 2.24) is 9.80 Å². The molecule has 1 atom stereocenters. The monoisotopic (exact) mass is 495 g/mol. The summed E-state index contributed by atoms with van der Waals surface area (Å²) in [4.78, 5) is 9.45. The van der Waals surface area contributed by atoms with Gasteiger partial charge in [-0.1, -0.05) is 71.7 Å². The molecule has 5 rings (SSSR count). The zero-order valence-electron chi connectivity index (χ0n) is 18.1. The van der Waals surface area contributed by atoms with Gasteiger partial charge >= 0.3 is 0 Å². The van der Waals surface area contributed by atoms with Gasteiger partial charge < -0.3 is 4.90 Å². The summed E-state index contributed by atoms with van der Waals surface area (Å²) in [5.41, 5.74) is 5.50. The summed E-state index contributed by atoms with van der Waals surface area (Å²) in [6, 6.07) is 22.3. The molecule has 1 fully saturated rings. The molecule has 0 spiro atoms. The van der Waals surface area contributed by atoms with Crippen LogP contribution < -0.4 is 0 Å². The van der Waals surface area contributed by atoms with Gasteiger partial charge in [-0.05, 0) is 47.5 Å². The first-order valence-corrected chi connectivity index (χ1v) is 12.2. The Morgan fingerprint density at radius 3 is 1.97 bits per heavy atom. The molecule has 3 aromatic rings. The van der Waals surface area contributed by atoms with Crippen molar-refractivity contribution in [2.45, 2.75) is 12.0 Å². The number of nitrogens with zero attached hydrogens (tertiary/aromatic N) is 3. The lowest BCUT2D eigenvalue weighted by atomic mass is 9.95. The zero-order chi connectivity index (χ0) is 22.9. The predicted molar refractivity (Wildman–Crippen MR) is 139 cm³/mol. The lowest BCUT2D eigenvalue weighted by Gasteiger charge is -2.42. The molecule has 0 aliphatic carbocycles. The van der Waals surface area contributed by atoms with E-state index in [1.54, 1.807) is 0 Å². The Hall–Kier alpha value is -2.30. The number of hydrogen-bond acceptors (Lipinski definition) is 3. The van der Waals surface area contributed by atoms with Crippen LogP contribution >= 0.6 is 34.8 Å². The van der Waals surface area contributed by atoms with E-state index in [0.717, 1.165) is 58.2 Å². The normalized spacial score (nSPS) is 18.1. The second kappa shape index (κ2) is 9.52. The van der Waals surface area contributed by atoms with Crippen LogP contribution in [0.25, 0.3) is 0 Å². The van der Waals surface area contributed by atoms with Crippen molar-refractivity contribution >= 4 is 46.7 Å². The van der Waals surface area contributed by atoms with Gasteiger partial charge in [-0.2, -0.15) is 0 Å². The molecule has 2 aliphatic heterocycles. The Balaban J connectivity index is 1.34. The molecule has 0 radical (unpaired) electrons. The van der Waals surface area contributed by atoms with Crippen LogP contribution in [0.1, 0.15) is 28.7 Å². The molecule has 0 amide bonds. The maximum atomic E-state index is 6.50. The molecule has 1 saturated heterocycles. The van der Waals surface area contributed by atoms with E-state index in [0.29, 0.717) is 0 Å². The molecule has 0 bridgehead atoms. The number of aliphatic imine (C=N–C) groups is 1. The molecule has 0 aromatic heterocycles. The minimum Gasteiger partial charge on any atom is -0.372 e. The number of fused-ring (bicyclic) bond motifs is 1. The Labute approximate surface area is 209 Å². The first-order valence-electron chi connectivity index (χ1n) is 11.0. The maximum Gasteiger partial charge on any atom is 0.0683 e. The smallest absolute Gasteiger partial charge is 0.0683 e. The average Bonchev–Trinajstić information content (AvgIpc) is 3.27. The fourth-order valence-electron chi connectivity index (χ4n) is 4.80. The highest BCUT2D eigenvalue weighted by Crippen LogP contribution is 2.41. The highest BCUT2D eigenvalue weighted by Gasteiger charge is 2.31. The number of benzene rings is 3. The first kappa shape index (κ1) is 22.5. The summed E-state index contributed by atoms with van der Waals surface area (Å²) >= 11 is 18.8. The van der Waals surface area contributed by atoms with Crippen molar-refractivity contribution in [2.24, 2.45) is 4.99 Å². The van der Waals surface area contributed by atoms with Gasteiger partial charge in [0.05, 0.1) is 17.6 Å². The van der Waals surface area contributed by atoms with Gasteiger partial charge in [0.15, 0.2) is 0 Å². The van der Waals surface area contributed by atoms with Gasteiger partial charge in [-0.3, -0.25) is 9.89 Å². The average molecular weight is 497 g/mol. The van der Waals surface area contributed by atoms with Gasteiger partial charge in [0.2, 0.25) is 0 Å². The molecule has 168 valence electrons. The summed E-state index contributed by atoms with van der Waals surface area (Å²) < 4.78 is 0.